The first-order valence-electron chi connectivity index (χ1n) is 9.64. The molecule has 7 nitrogen and oxygen atoms in total. The Labute approximate surface area is 173 Å². The molecule has 0 radical (unpaired) electrons. The number of carbonyl (C=O) groups is 4. The van der Waals surface area contributed by atoms with E-state index in [9.17, 15) is 19.2 Å². The van der Waals surface area contributed by atoms with Crippen LogP contribution in [-0.4, -0.2) is 28.8 Å². The summed E-state index contributed by atoms with van der Waals surface area (Å²) < 4.78 is 0. The number of allylic oxidation sites excluding steroid dienone is 2. The number of rotatable bonds is 4. The zero-order valence-corrected chi connectivity index (χ0v) is 16.3. The van der Waals surface area contributed by atoms with Crippen LogP contribution in [0.2, 0.25) is 0 Å². The summed E-state index contributed by atoms with van der Waals surface area (Å²) in [6, 6.07) is 12.3. The van der Waals surface area contributed by atoms with Crippen molar-refractivity contribution in [3.8, 4) is 0 Å². The van der Waals surface area contributed by atoms with E-state index in [2.05, 4.69) is 5.32 Å². The lowest BCUT2D eigenvalue weighted by atomic mass is 9.82. The maximum atomic E-state index is 13.0. The smallest absolute Gasteiger partial charge is 0.335 e. The molecular weight excluding hydrogens is 384 g/mol. The number of hydrogen-bond donors (Lipinski definition) is 2. The third-order valence-electron chi connectivity index (χ3n) is 5.58. The number of nitrogens with zero attached hydrogens (tertiary/aromatic N) is 1. The molecule has 1 heterocycles. The van der Waals surface area contributed by atoms with Gasteiger partial charge in [-0.3, -0.25) is 14.4 Å². The van der Waals surface area contributed by atoms with Gasteiger partial charge >= 0.3 is 5.97 Å². The van der Waals surface area contributed by atoms with E-state index in [0.29, 0.717) is 18.5 Å². The number of carbonyl (C=O) groups excluding carboxylic acids is 3. The number of aromatic carboxylic acids is 1. The van der Waals surface area contributed by atoms with Crippen molar-refractivity contribution in [3.63, 3.8) is 0 Å². The van der Waals surface area contributed by atoms with Gasteiger partial charge in [-0.1, -0.05) is 29.8 Å². The summed E-state index contributed by atoms with van der Waals surface area (Å²) in [5.74, 6) is -3.01. The van der Waals surface area contributed by atoms with Crippen LogP contribution in [0.4, 0.5) is 11.4 Å². The number of nitrogens with one attached hydrogen (secondary N) is 1. The third kappa shape index (κ3) is 3.39. The van der Waals surface area contributed by atoms with Crippen molar-refractivity contribution in [3.05, 3.63) is 71.3 Å². The van der Waals surface area contributed by atoms with Crippen LogP contribution >= 0.6 is 0 Å². The van der Waals surface area contributed by atoms with E-state index in [4.69, 9.17) is 5.11 Å². The molecule has 0 saturated carbocycles. The fraction of sp³-hybridized carbons (Fsp3) is 0.217. The van der Waals surface area contributed by atoms with Crippen LogP contribution in [0.15, 0.2) is 60.2 Å². The molecule has 0 aromatic heterocycles. The lowest BCUT2D eigenvalue weighted by molar-refractivity contribution is -0.122. The molecule has 0 unspecified atom stereocenters. The molecule has 1 fully saturated rings. The number of para-hydroxylation sites is 1. The average Bonchev–Trinajstić information content (AvgIpc) is 2.97. The lowest BCUT2D eigenvalue weighted by Crippen LogP contribution is -2.33. The van der Waals surface area contributed by atoms with Crippen LogP contribution in [0.5, 0.6) is 0 Å². The second-order valence-electron chi connectivity index (χ2n) is 7.57. The highest BCUT2D eigenvalue weighted by molar-refractivity contribution is 6.25. The van der Waals surface area contributed by atoms with E-state index >= 15 is 0 Å². The number of imide groups is 1. The van der Waals surface area contributed by atoms with Gasteiger partial charge in [-0.2, -0.15) is 0 Å². The largest absolute Gasteiger partial charge is 0.478 e. The number of carboxylic acid groups (broad SMARTS) is 1. The van der Waals surface area contributed by atoms with Crippen LogP contribution in [0.1, 0.15) is 40.5 Å². The molecule has 0 bridgehead atoms. The van der Waals surface area contributed by atoms with Gasteiger partial charge in [0.25, 0.3) is 5.91 Å². The van der Waals surface area contributed by atoms with Gasteiger partial charge in [-0.05, 0) is 50.1 Å². The number of anilines is 2. The minimum absolute atomic E-state index is 0.0397. The molecule has 1 aliphatic carbocycles. The van der Waals surface area contributed by atoms with E-state index in [0.717, 1.165) is 10.5 Å². The van der Waals surface area contributed by atoms with Crippen molar-refractivity contribution in [2.75, 3.05) is 10.2 Å². The quantitative estimate of drug-likeness (QED) is 0.600. The molecule has 7 heteroatoms. The zero-order chi connectivity index (χ0) is 21.4. The van der Waals surface area contributed by atoms with Crippen LogP contribution in [-0.2, 0) is 9.59 Å². The van der Waals surface area contributed by atoms with Crippen molar-refractivity contribution < 1.29 is 24.3 Å². The molecule has 1 aliphatic heterocycles. The Kier molecular flexibility index (Phi) is 4.95. The highest BCUT2D eigenvalue weighted by Gasteiger charge is 2.49. The molecule has 30 heavy (non-hydrogen) atoms. The summed E-state index contributed by atoms with van der Waals surface area (Å²) in [6.45, 7) is 1.95. The summed E-state index contributed by atoms with van der Waals surface area (Å²) in [5.41, 5.74) is 1.85. The summed E-state index contributed by atoms with van der Waals surface area (Å²) in [5, 5.41) is 11.8. The van der Waals surface area contributed by atoms with Gasteiger partial charge in [0.05, 0.1) is 28.7 Å². The van der Waals surface area contributed by atoms with Gasteiger partial charge in [-0.25, -0.2) is 9.69 Å². The Morgan fingerprint density at radius 2 is 1.77 bits per heavy atom. The van der Waals surface area contributed by atoms with Gasteiger partial charge in [0.15, 0.2) is 0 Å². The summed E-state index contributed by atoms with van der Waals surface area (Å²) in [4.78, 5) is 51.2. The van der Waals surface area contributed by atoms with E-state index < -0.39 is 23.7 Å². The normalized spacial score (nSPS) is 20.6. The SMILES string of the molecule is CC1=CC[C@@H]2C(=O)N(c3ccccc3C(=O)Nc3cccc(C(=O)O)c3)C(=O)[C@H]2C1. The van der Waals surface area contributed by atoms with Gasteiger partial charge in [0.1, 0.15) is 0 Å². The second-order valence-corrected chi connectivity index (χ2v) is 7.57. The molecule has 3 amide bonds. The summed E-state index contributed by atoms with van der Waals surface area (Å²) in [6.07, 6.45) is 3.06. The fourth-order valence-corrected chi connectivity index (χ4v) is 4.06. The van der Waals surface area contributed by atoms with Gasteiger partial charge in [0, 0.05) is 5.69 Å². The highest BCUT2D eigenvalue weighted by atomic mass is 16.4. The summed E-state index contributed by atoms with van der Waals surface area (Å²) in [7, 11) is 0. The average molecular weight is 404 g/mol. The maximum Gasteiger partial charge on any atom is 0.335 e. The maximum absolute atomic E-state index is 13.0. The Bertz CT molecular complexity index is 1100. The minimum atomic E-state index is -1.11. The Morgan fingerprint density at radius 3 is 2.53 bits per heavy atom. The Hall–Kier alpha value is -3.74. The van der Waals surface area contributed by atoms with Crippen molar-refractivity contribution in [1.82, 2.24) is 0 Å². The highest BCUT2D eigenvalue weighted by Crippen LogP contribution is 2.40. The van der Waals surface area contributed by atoms with Gasteiger partial charge in [-0.15, -0.1) is 0 Å². The number of hydrogen-bond acceptors (Lipinski definition) is 4. The van der Waals surface area contributed by atoms with Crippen molar-refractivity contribution in [1.29, 1.82) is 0 Å². The first-order chi connectivity index (χ1) is 14.4. The topological polar surface area (TPSA) is 104 Å². The van der Waals surface area contributed by atoms with Crippen LogP contribution in [0.25, 0.3) is 0 Å². The minimum Gasteiger partial charge on any atom is -0.478 e. The molecule has 1 saturated heterocycles. The van der Waals surface area contributed by atoms with Crippen molar-refractivity contribution in [2.45, 2.75) is 19.8 Å². The van der Waals surface area contributed by atoms with Crippen molar-refractivity contribution in [2.24, 2.45) is 11.8 Å². The number of benzene rings is 2. The molecule has 2 atom stereocenters. The Balaban J connectivity index is 1.64. The third-order valence-corrected chi connectivity index (χ3v) is 5.58. The molecule has 0 spiro atoms. The second kappa shape index (κ2) is 7.59. The van der Waals surface area contributed by atoms with E-state index in [1.54, 1.807) is 24.3 Å². The zero-order valence-electron chi connectivity index (χ0n) is 16.3. The first-order valence-corrected chi connectivity index (χ1v) is 9.64. The number of amides is 3. The van der Waals surface area contributed by atoms with E-state index in [1.807, 2.05) is 13.0 Å². The molecule has 2 aromatic carbocycles. The van der Waals surface area contributed by atoms with Crippen LogP contribution < -0.4 is 10.2 Å². The van der Waals surface area contributed by atoms with Crippen molar-refractivity contribution >= 4 is 35.1 Å². The lowest BCUT2D eigenvalue weighted by Gasteiger charge is -2.19. The predicted molar refractivity (Wildman–Crippen MR) is 110 cm³/mol. The van der Waals surface area contributed by atoms with E-state index in [-0.39, 0.29) is 28.6 Å². The van der Waals surface area contributed by atoms with Gasteiger partial charge < -0.3 is 10.4 Å². The Morgan fingerprint density at radius 1 is 1.03 bits per heavy atom. The monoisotopic (exact) mass is 404 g/mol. The number of fused-ring (bicyclic) bond motifs is 1. The van der Waals surface area contributed by atoms with Gasteiger partial charge in [0.2, 0.25) is 11.8 Å². The molecular formula is C23H20N2O5. The fourth-order valence-electron chi connectivity index (χ4n) is 4.06. The van der Waals surface area contributed by atoms with Crippen LogP contribution in [0.3, 0.4) is 0 Å². The first kappa shape index (κ1) is 19.6. The van der Waals surface area contributed by atoms with E-state index in [1.165, 1.54) is 24.3 Å². The standard InChI is InChI=1S/C23H20N2O5/c1-13-9-10-16-18(11-13)22(28)25(21(16)27)19-8-3-2-7-17(19)20(26)24-15-6-4-5-14(12-15)23(29)30/h2-9,12,16,18H,10-11H2,1H3,(H,24,26)(H,29,30)/t16-,18-/m0/s1. The molecule has 152 valence electrons. The number of carboxylic acids is 1. The summed E-state index contributed by atoms with van der Waals surface area (Å²) >= 11 is 0. The van der Waals surface area contributed by atoms with Crippen LogP contribution in [0, 0.1) is 11.8 Å². The molecule has 2 aliphatic rings. The molecule has 2 N–H and O–H groups in total. The predicted octanol–water partition coefficient (Wildman–Crippen LogP) is 3.48. The molecule has 4 rings (SSSR count). The molecule has 2 aromatic rings.